The van der Waals surface area contributed by atoms with Gasteiger partial charge in [0.05, 0.1) is 16.2 Å². The Morgan fingerprint density at radius 2 is 1.68 bits per heavy atom. The molecule has 1 aromatic carbocycles. The summed E-state index contributed by atoms with van der Waals surface area (Å²) in [4.78, 5) is 27.8. The predicted octanol–water partition coefficient (Wildman–Crippen LogP) is 2.13. The number of aromatic nitrogens is 2. The molecule has 1 N–H and O–H groups in total. The molecule has 0 spiro atoms. The topological polar surface area (TPSA) is 92.2 Å². The van der Waals surface area contributed by atoms with E-state index in [1.54, 1.807) is 0 Å². The maximum Gasteiger partial charge on any atom is 0.329 e. The maximum absolute atomic E-state index is 13.5. The van der Waals surface area contributed by atoms with Gasteiger partial charge in [-0.15, -0.1) is 0 Å². The summed E-state index contributed by atoms with van der Waals surface area (Å²) in [6, 6.07) is 3.28. The van der Waals surface area contributed by atoms with Crippen LogP contribution in [0.15, 0.2) is 27.8 Å². The number of piperidine rings is 1. The molecule has 1 aliphatic heterocycles. The second kappa shape index (κ2) is 7.44. The van der Waals surface area contributed by atoms with Crippen LogP contribution in [0, 0.1) is 5.82 Å². The number of rotatable bonds is 3. The van der Waals surface area contributed by atoms with Crippen LogP contribution in [-0.4, -0.2) is 40.6 Å². The lowest BCUT2D eigenvalue weighted by atomic mass is 10.0. The van der Waals surface area contributed by atoms with E-state index in [1.165, 1.54) is 16.4 Å². The van der Waals surface area contributed by atoms with Crippen molar-refractivity contribution >= 4 is 20.9 Å². The number of nitrogens with zero attached hydrogens (tertiary/aromatic N) is 2. The van der Waals surface area contributed by atoms with Gasteiger partial charge < -0.3 is 4.98 Å². The standard InChI is InChI=1S/C19H24FN3O4S/c20-13-6-7-17-16(12-13)18(24)23(19(25)21-17)14-8-10-22(11-9-14)28(26,27)15-4-2-1-3-5-15/h6-7,12,14-15H,1-5,8-11H2,(H,21,25). The van der Waals surface area contributed by atoms with Crippen LogP contribution in [0.3, 0.4) is 0 Å². The van der Waals surface area contributed by atoms with E-state index in [1.807, 2.05) is 0 Å². The van der Waals surface area contributed by atoms with Crippen molar-refractivity contribution in [3.05, 3.63) is 44.9 Å². The number of benzene rings is 1. The van der Waals surface area contributed by atoms with Gasteiger partial charge in [-0.3, -0.25) is 9.36 Å². The quantitative estimate of drug-likeness (QED) is 0.841. The molecule has 152 valence electrons. The van der Waals surface area contributed by atoms with Gasteiger partial charge in [-0.05, 0) is 43.9 Å². The van der Waals surface area contributed by atoms with Gasteiger partial charge in [0.25, 0.3) is 5.56 Å². The molecule has 28 heavy (non-hydrogen) atoms. The van der Waals surface area contributed by atoms with Crippen LogP contribution in [0.4, 0.5) is 4.39 Å². The van der Waals surface area contributed by atoms with Crippen LogP contribution >= 0.6 is 0 Å². The Morgan fingerprint density at radius 1 is 1.00 bits per heavy atom. The summed E-state index contributed by atoms with van der Waals surface area (Å²) in [6.45, 7) is 0.577. The Kier molecular flexibility index (Phi) is 5.13. The molecule has 2 fully saturated rings. The van der Waals surface area contributed by atoms with Crippen molar-refractivity contribution in [2.45, 2.75) is 56.2 Å². The van der Waals surface area contributed by atoms with E-state index >= 15 is 0 Å². The third-order valence-corrected chi connectivity index (χ3v) is 8.41. The number of hydrogen-bond donors (Lipinski definition) is 1. The highest BCUT2D eigenvalue weighted by Gasteiger charge is 2.36. The second-order valence-electron chi connectivity index (χ2n) is 7.73. The Bertz CT molecular complexity index is 1090. The number of H-pyrrole nitrogens is 1. The summed E-state index contributed by atoms with van der Waals surface area (Å²) in [6.07, 6.45) is 5.15. The molecule has 0 unspecified atom stereocenters. The first-order valence-corrected chi connectivity index (χ1v) is 11.3. The van der Waals surface area contributed by atoms with Gasteiger partial charge in [-0.25, -0.2) is 21.9 Å². The summed E-state index contributed by atoms with van der Waals surface area (Å²) in [5, 5.41) is -0.190. The van der Waals surface area contributed by atoms with Crippen molar-refractivity contribution in [3.63, 3.8) is 0 Å². The molecule has 1 aliphatic carbocycles. The van der Waals surface area contributed by atoms with E-state index in [0.717, 1.165) is 29.9 Å². The summed E-state index contributed by atoms with van der Waals surface area (Å²) in [7, 11) is -3.34. The second-order valence-corrected chi connectivity index (χ2v) is 9.94. The highest BCUT2D eigenvalue weighted by atomic mass is 32.2. The lowest BCUT2D eigenvalue weighted by Gasteiger charge is -2.35. The molecular formula is C19H24FN3O4S. The molecule has 1 saturated heterocycles. The summed E-state index contributed by atoms with van der Waals surface area (Å²) < 4.78 is 41.9. The van der Waals surface area contributed by atoms with Gasteiger partial charge >= 0.3 is 5.69 Å². The zero-order valence-electron chi connectivity index (χ0n) is 15.6. The van der Waals surface area contributed by atoms with Crippen LogP contribution < -0.4 is 11.2 Å². The zero-order chi connectivity index (χ0) is 19.9. The molecule has 1 saturated carbocycles. The van der Waals surface area contributed by atoms with Gasteiger partial charge in [0, 0.05) is 19.1 Å². The third-order valence-electron chi connectivity index (χ3n) is 6.01. The molecule has 0 atom stereocenters. The fourth-order valence-electron chi connectivity index (χ4n) is 4.46. The molecule has 7 nitrogen and oxygen atoms in total. The Labute approximate surface area is 162 Å². The molecule has 2 aliphatic rings. The lowest BCUT2D eigenvalue weighted by molar-refractivity contribution is 0.262. The maximum atomic E-state index is 13.5. The fraction of sp³-hybridized carbons (Fsp3) is 0.579. The van der Waals surface area contributed by atoms with E-state index in [-0.39, 0.29) is 23.7 Å². The van der Waals surface area contributed by atoms with Crippen LogP contribution in [0.1, 0.15) is 51.0 Å². The minimum absolute atomic E-state index is 0.122. The van der Waals surface area contributed by atoms with Gasteiger partial charge in [0.1, 0.15) is 5.82 Å². The van der Waals surface area contributed by atoms with E-state index in [0.29, 0.717) is 31.2 Å². The normalized spacial score (nSPS) is 20.6. The summed E-state index contributed by atoms with van der Waals surface area (Å²) in [5.41, 5.74) is -0.783. The lowest BCUT2D eigenvalue weighted by Crippen LogP contribution is -2.47. The van der Waals surface area contributed by atoms with Crippen LogP contribution in [0.2, 0.25) is 0 Å². The molecule has 1 aromatic heterocycles. The number of hydrogen-bond acceptors (Lipinski definition) is 4. The first-order valence-electron chi connectivity index (χ1n) is 9.81. The molecule has 9 heteroatoms. The molecule has 4 rings (SSSR count). The SMILES string of the molecule is O=c1[nH]c2ccc(F)cc2c(=O)n1C1CCN(S(=O)(=O)C2CCCCC2)CC1. The molecule has 0 radical (unpaired) electrons. The summed E-state index contributed by atoms with van der Waals surface area (Å²) in [5.74, 6) is -0.545. The van der Waals surface area contributed by atoms with Crippen LogP contribution in [0.25, 0.3) is 10.9 Å². The van der Waals surface area contributed by atoms with Gasteiger partial charge in [-0.2, -0.15) is 0 Å². The largest absolute Gasteiger partial charge is 0.329 e. The van der Waals surface area contributed by atoms with Crippen LogP contribution in [-0.2, 0) is 10.0 Å². The van der Waals surface area contributed by atoms with E-state index < -0.39 is 33.1 Å². The third kappa shape index (κ3) is 3.41. The van der Waals surface area contributed by atoms with Gasteiger partial charge in [0.15, 0.2) is 0 Å². The molecular weight excluding hydrogens is 385 g/mol. The first-order chi connectivity index (χ1) is 13.4. The molecule has 2 heterocycles. The predicted molar refractivity (Wildman–Crippen MR) is 104 cm³/mol. The number of fused-ring (bicyclic) bond motifs is 1. The molecule has 2 aromatic rings. The van der Waals surface area contributed by atoms with Crippen molar-refractivity contribution in [2.24, 2.45) is 0 Å². The Morgan fingerprint density at radius 3 is 2.36 bits per heavy atom. The van der Waals surface area contributed by atoms with E-state index in [4.69, 9.17) is 0 Å². The fourth-order valence-corrected chi connectivity index (χ4v) is 6.53. The first kappa shape index (κ1) is 19.3. The summed E-state index contributed by atoms with van der Waals surface area (Å²) >= 11 is 0. The minimum Gasteiger partial charge on any atom is -0.307 e. The van der Waals surface area contributed by atoms with Gasteiger partial charge in [0.2, 0.25) is 10.0 Å². The minimum atomic E-state index is -3.34. The van der Waals surface area contributed by atoms with E-state index in [9.17, 15) is 22.4 Å². The van der Waals surface area contributed by atoms with Crippen molar-refractivity contribution in [1.82, 2.24) is 13.9 Å². The highest BCUT2D eigenvalue weighted by Crippen LogP contribution is 2.29. The van der Waals surface area contributed by atoms with Crippen LogP contribution in [0.5, 0.6) is 0 Å². The van der Waals surface area contributed by atoms with Crippen molar-refractivity contribution in [3.8, 4) is 0 Å². The molecule has 0 amide bonds. The molecule has 0 bridgehead atoms. The zero-order valence-corrected chi connectivity index (χ0v) is 16.4. The monoisotopic (exact) mass is 409 g/mol. The average Bonchev–Trinajstić information content (AvgIpc) is 2.70. The van der Waals surface area contributed by atoms with Crippen molar-refractivity contribution in [2.75, 3.05) is 13.1 Å². The Hall–Kier alpha value is -2.00. The number of nitrogens with one attached hydrogen (secondary N) is 1. The Balaban J connectivity index is 1.57. The van der Waals surface area contributed by atoms with Crippen molar-refractivity contribution < 1.29 is 12.8 Å². The number of aromatic amines is 1. The van der Waals surface area contributed by atoms with Gasteiger partial charge in [-0.1, -0.05) is 19.3 Å². The smallest absolute Gasteiger partial charge is 0.307 e. The van der Waals surface area contributed by atoms with E-state index in [2.05, 4.69) is 4.98 Å². The number of halogens is 1. The number of sulfonamides is 1. The average molecular weight is 409 g/mol. The highest BCUT2D eigenvalue weighted by molar-refractivity contribution is 7.89. The van der Waals surface area contributed by atoms with Crippen molar-refractivity contribution in [1.29, 1.82) is 0 Å².